The Kier molecular flexibility index (Phi) is 3.76. The summed E-state index contributed by atoms with van der Waals surface area (Å²) in [6.45, 7) is 1.23. The summed E-state index contributed by atoms with van der Waals surface area (Å²) in [5.74, 6) is 2.86. The van der Waals surface area contributed by atoms with Crippen LogP contribution in [0.5, 0.6) is 0 Å². The first-order valence-electron chi connectivity index (χ1n) is 9.05. The Morgan fingerprint density at radius 3 is 2.22 bits per heavy atom. The van der Waals surface area contributed by atoms with Gasteiger partial charge in [-0.1, -0.05) is 0 Å². The molecule has 5 aliphatic rings. The molecular formula is C17H28N2O3S. The Morgan fingerprint density at radius 1 is 1.13 bits per heavy atom. The number of sulfonamides is 1. The Balaban J connectivity index is 1.37. The molecule has 0 spiro atoms. The maximum absolute atomic E-state index is 12.8. The van der Waals surface area contributed by atoms with E-state index in [1.807, 2.05) is 4.90 Å². The van der Waals surface area contributed by atoms with Gasteiger partial charge in [-0.15, -0.1) is 0 Å². The van der Waals surface area contributed by atoms with Crippen molar-refractivity contribution < 1.29 is 13.2 Å². The highest BCUT2D eigenvalue weighted by Crippen LogP contribution is 2.61. The summed E-state index contributed by atoms with van der Waals surface area (Å²) in [5, 5.41) is 0. The standard InChI is InChI=1S/C17H28N2O3S/c1-23(21,22)18-15-2-3-19(11-15)16(20)10-17-7-12-4-13(8-17)6-14(5-12)9-17/h12-15,18H,2-11H2,1H3. The lowest BCUT2D eigenvalue weighted by Gasteiger charge is -2.56. The molecule has 0 aromatic carbocycles. The van der Waals surface area contributed by atoms with Crippen LogP contribution in [0.3, 0.4) is 0 Å². The van der Waals surface area contributed by atoms with Crippen LogP contribution in [0.1, 0.15) is 51.4 Å². The number of nitrogens with one attached hydrogen (secondary N) is 1. The van der Waals surface area contributed by atoms with Crippen molar-refractivity contribution in [2.24, 2.45) is 23.2 Å². The number of amides is 1. The molecule has 23 heavy (non-hydrogen) atoms. The average Bonchev–Trinajstić information content (AvgIpc) is 2.82. The fraction of sp³-hybridized carbons (Fsp3) is 0.941. The highest BCUT2D eigenvalue weighted by Gasteiger charge is 2.51. The molecule has 1 amide bonds. The van der Waals surface area contributed by atoms with Gasteiger partial charge in [0.15, 0.2) is 0 Å². The zero-order valence-corrected chi connectivity index (χ0v) is 14.8. The van der Waals surface area contributed by atoms with Gasteiger partial charge in [0.25, 0.3) is 0 Å². The van der Waals surface area contributed by atoms with Crippen LogP contribution in [0.4, 0.5) is 0 Å². The third-order valence-corrected chi connectivity index (χ3v) is 7.37. The zero-order chi connectivity index (χ0) is 16.2. The maximum Gasteiger partial charge on any atom is 0.223 e. The van der Waals surface area contributed by atoms with Crippen LogP contribution in [0.15, 0.2) is 0 Å². The van der Waals surface area contributed by atoms with Crippen LogP contribution in [0, 0.1) is 23.2 Å². The molecule has 1 aliphatic heterocycles. The van der Waals surface area contributed by atoms with E-state index in [1.54, 1.807) is 0 Å². The topological polar surface area (TPSA) is 66.5 Å². The van der Waals surface area contributed by atoms with Gasteiger partial charge in [-0.05, 0) is 68.1 Å². The van der Waals surface area contributed by atoms with Gasteiger partial charge in [0, 0.05) is 25.6 Å². The smallest absolute Gasteiger partial charge is 0.223 e. The summed E-state index contributed by atoms with van der Waals surface area (Å²) >= 11 is 0. The van der Waals surface area contributed by atoms with E-state index in [0.29, 0.717) is 19.5 Å². The molecule has 5 fully saturated rings. The molecule has 0 radical (unpaired) electrons. The first kappa shape index (κ1) is 15.9. The van der Waals surface area contributed by atoms with E-state index in [0.717, 1.165) is 24.2 Å². The van der Waals surface area contributed by atoms with E-state index in [-0.39, 0.29) is 17.4 Å². The molecule has 130 valence electrons. The summed E-state index contributed by atoms with van der Waals surface area (Å²) in [5.41, 5.74) is 0.272. The maximum atomic E-state index is 12.8. The van der Waals surface area contributed by atoms with E-state index in [4.69, 9.17) is 0 Å². The Hall–Kier alpha value is -0.620. The van der Waals surface area contributed by atoms with Gasteiger partial charge in [-0.25, -0.2) is 13.1 Å². The highest BCUT2D eigenvalue weighted by molar-refractivity contribution is 7.88. The van der Waals surface area contributed by atoms with Gasteiger partial charge >= 0.3 is 0 Å². The normalized spacial score (nSPS) is 42.4. The average molecular weight is 340 g/mol. The van der Waals surface area contributed by atoms with Gasteiger partial charge in [0.1, 0.15) is 0 Å². The van der Waals surface area contributed by atoms with E-state index in [2.05, 4.69) is 4.72 Å². The number of carbonyl (C=O) groups excluding carboxylic acids is 1. The van der Waals surface area contributed by atoms with E-state index >= 15 is 0 Å². The predicted octanol–water partition coefficient (Wildman–Crippen LogP) is 1.74. The first-order valence-corrected chi connectivity index (χ1v) is 10.9. The number of rotatable bonds is 4. The van der Waals surface area contributed by atoms with Crippen LogP contribution in [0.25, 0.3) is 0 Å². The van der Waals surface area contributed by atoms with Crippen molar-refractivity contribution in [3.8, 4) is 0 Å². The fourth-order valence-corrected chi connectivity index (χ4v) is 7.12. The molecule has 6 heteroatoms. The van der Waals surface area contributed by atoms with Crippen LogP contribution in [-0.2, 0) is 14.8 Å². The summed E-state index contributed by atoms with van der Waals surface area (Å²) < 4.78 is 25.3. The molecule has 1 N–H and O–H groups in total. The lowest BCUT2D eigenvalue weighted by molar-refractivity contribution is -0.138. The molecule has 5 rings (SSSR count). The van der Waals surface area contributed by atoms with Crippen LogP contribution in [-0.4, -0.2) is 44.6 Å². The van der Waals surface area contributed by atoms with E-state index in [1.165, 1.54) is 44.8 Å². The Morgan fingerprint density at radius 2 is 1.70 bits per heavy atom. The van der Waals surface area contributed by atoms with Crippen LogP contribution >= 0.6 is 0 Å². The Labute approximate surface area is 139 Å². The fourth-order valence-electron chi connectivity index (χ4n) is 6.32. The predicted molar refractivity (Wildman–Crippen MR) is 88.2 cm³/mol. The molecule has 1 unspecified atom stereocenters. The van der Waals surface area contributed by atoms with Crippen molar-refractivity contribution in [2.75, 3.05) is 19.3 Å². The van der Waals surface area contributed by atoms with Crippen molar-refractivity contribution >= 4 is 15.9 Å². The number of likely N-dealkylation sites (tertiary alicyclic amines) is 1. The molecule has 5 nitrogen and oxygen atoms in total. The van der Waals surface area contributed by atoms with Crippen LogP contribution in [0.2, 0.25) is 0 Å². The molecule has 4 aliphatic carbocycles. The number of carbonyl (C=O) groups is 1. The van der Waals surface area contributed by atoms with E-state index in [9.17, 15) is 13.2 Å². The molecule has 1 atom stereocenters. The third kappa shape index (κ3) is 3.29. The Bertz CT molecular complexity index is 566. The summed E-state index contributed by atoms with van der Waals surface area (Å²) in [7, 11) is -3.19. The van der Waals surface area contributed by atoms with Crippen LogP contribution < -0.4 is 4.72 Å². The minimum absolute atomic E-state index is 0.106. The second kappa shape index (κ2) is 5.45. The van der Waals surface area contributed by atoms with Gasteiger partial charge in [0.2, 0.25) is 15.9 Å². The van der Waals surface area contributed by atoms with Gasteiger partial charge in [-0.2, -0.15) is 0 Å². The zero-order valence-electron chi connectivity index (χ0n) is 14.0. The van der Waals surface area contributed by atoms with Crippen molar-refractivity contribution in [2.45, 2.75) is 57.4 Å². The molecule has 0 aromatic heterocycles. The molecule has 4 bridgehead atoms. The largest absolute Gasteiger partial charge is 0.341 e. The molecule has 0 aromatic rings. The summed E-state index contributed by atoms with van der Waals surface area (Å²) in [6, 6.07) is -0.106. The monoisotopic (exact) mass is 340 g/mol. The molecule has 1 heterocycles. The SMILES string of the molecule is CS(=O)(=O)NC1CCN(C(=O)CC23CC4CC(CC(C4)C2)C3)C1. The molecule has 4 saturated carbocycles. The van der Waals surface area contributed by atoms with E-state index < -0.39 is 10.0 Å². The van der Waals surface area contributed by atoms with Gasteiger partial charge < -0.3 is 4.90 Å². The highest BCUT2D eigenvalue weighted by atomic mass is 32.2. The van der Waals surface area contributed by atoms with Crippen molar-refractivity contribution in [1.82, 2.24) is 9.62 Å². The number of hydrogen-bond donors (Lipinski definition) is 1. The van der Waals surface area contributed by atoms with Crippen molar-refractivity contribution in [3.63, 3.8) is 0 Å². The third-order valence-electron chi connectivity index (χ3n) is 6.61. The first-order chi connectivity index (χ1) is 10.8. The van der Waals surface area contributed by atoms with Crippen molar-refractivity contribution in [1.29, 1.82) is 0 Å². The number of nitrogens with zero attached hydrogens (tertiary/aromatic N) is 1. The quantitative estimate of drug-likeness (QED) is 0.848. The number of hydrogen-bond acceptors (Lipinski definition) is 3. The molecular weight excluding hydrogens is 312 g/mol. The second-order valence-corrected chi connectivity index (χ2v) is 10.6. The van der Waals surface area contributed by atoms with Gasteiger partial charge in [-0.3, -0.25) is 4.79 Å². The lowest BCUT2D eigenvalue weighted by atomic mass is 9.49. The lowest BCUT2D eigenvalue weighted by Crippen LogP contribution is -2.48. The summed E-state index contributed by atoms with van der Waals surface area (Å²) in [4.78, 5) is 14.7. The summed E-state index contributed by atoms with van der Waals surface area (Å²) in [6.07, 6.45) is 10.6. The minimum atomic E-state index is -3.19. The molecule has 1 saturated heterocycles. The van der Waals surface area contributed by atoms with Crippen molar-refractivity contribution in [3.05, 3.63) is 0 Å². The second-order valence-electron chi connectivity index (χ2n) is 8.81. The minimum Gasteiger partial charge on any atom is -0.341 e. The van der Waals surface area contributed by atoms with Gasteiger partial charge in [0.05, 0.1) is 6.26 Å².